The Hall–Kier alpha value is -0.380. The van der Waals surface area contributed by atoms with E-state index in [9.17, 15) is 0 Å². The molecule has 0 radical (unpaired) electrons. The molecule has 18 heavy (non-hydrogen) atoms. The van der Waals surface area contributed by atoms with Gasteiger partial charge in [-0.05, 0) is 45.4 Å². The lowest BCUT2D eigenvalue weighted by Crippen LogP contribution is -2.52. The van der Waals surface area contributed by atoms with Gasteiger partial charge in [0.1, 0.15) is 0 Å². The first-order valence-corrected chi connectivity index (χ1v) is 7.97. The highest BCUT2D eigenvalue weighted by Crippen LogP contribution is 2.42. The zero-order valence-corrected chi connectivity index (χ0v) is 12.7. The Labute approximate surface area is 115 Å². The molecule has 2 rings (SSSR count). The van der Waals surface area contributed by atoms with Crippen LogP contribution >= 0.6 is 11.3 Å². The molecule has 1 aromatic heterocycles. The molecule has 1 atom stereocenters. The second-order valence-electron chi connectivity index (χ2n) is 5.65. The molecule has 0 spiro atoms. The monoisotopic (exact) mass is 266 g/mol. The SMILES string of the molecule is CNC(c1cccs1)C1(N(C)C)CCCCCC1. The zero-order valence-electron chi connectivity index (χ0n) is 11.9. The summed E-state index contributed by atoms with van der Waals surface area (Å²) in [5, 5.41) is 5.79. The number of rotatable bonds is 4. The van der Waals surface area contributed by atoms with Crippen molar-refractivity contribution in [2.24, 2.45) is 0 Å². The molecule has 1 N–H and O–H groups in total. The molecule has 0 bridgehead atoms. The van der Waals surface area contributed by atoms with Crippen LogP contribution in [-0.2, 0) is 0 Å². The highest BCUT2D eigenvalue weighted by Gasteiger charge is 2.41. The molecular weight excluding hydrogens is 240 g/mol. The standard InChI is InChI=1S/C15H26N2S/c1-16-14(13-9-8-12-18-13)15(17(2)3)10-6-4-5-7-11-15/h8-9,12,14,16H,4-7,10-11H2,1-3H3. The number of hydrogen-bond donors (Lipinski definition) is 1. The number of hydrogen-bond acceptors (Lipinski definition) is 3. The maximum atomic E-state index is 3.59. The number of nitrogens with one attached hydrogen (secondary N) is 1. The lowest BCUT2D eigenvalue weighted by Gasteiger charge is -2.45. The molecule has 2 nitrogen and oxygen atoms in total. The van der Waals surface area contributed by atoms with E-state index in [1.807, 2.05) is 11.3 Å². The first-order valence-electron chi connectivity index (χ1n) is 7.09. The Morgan fingerprint density at radius 1 is 1.22 bits per heavy atom. The van der Waals surface area contributed by atoms with Crippen LogP contribution in [0.25, 0.3) is 0 Å². The topological polar surface area (TPSA) is 15.3 Å². The highest BCUT2D eigenvalue weighted by atomic mass is 32.1. The van der Waals surface area contributed by atoms with E-state index in [2.05, 4.69) is 48.9 Å². The van der Waals surface area contributed by atoms with E-state index in [1.165, 1.54) is 43.4 Å². The molecule has 0 saturated heterocycles. The molecule has 1 aliphatic rings. The normalized spacial score (nSPS) is 21.8. The summed E-state index contributed by atoms with van der Waals surface area (Å²) in [6, 6.07) is 4.91. The fourth-order valence-electron chi connectivity index (χ4n) is 3.47. The third-order valence-electron chi connectivity index (χ3n) is 4.51. The van der Waals surface area contributed by atoms with E-state index in [0.717, 1.165) is 0 Å². The Morgan fingerprint density at radius 2 is 1.89 bits per heavy atom. The molecule has 1 heterocycles. The second kappa shape index (κ2) is 6.18. The Kier molecular flexibility index (Phi) is 4.82. The van der Waals surface area contributed by atoms with E-state index in [-0.39, 0.29) is 5.54 Å². The lowest BCUT2D eigenvalue weighted by atomic mass is 9.80. The van der Waals surface area contributed by atoms with Crippen molar-refractivity contribution in [1.29, 1.82) is 0 Å². The van der Waals surface area contributed by atoms with Crippen LogP contribution in [0.4, 0.5) is 0 Å². The van der Waals surface area contributed by atoms with Gasteiger partial charge in [0.25, 0.3) is 0 Å². The predicted octanol–water partition coefficient (Wildman–Crippen LogP) is 3.66. The molecule has 1 fully saturated rings. The smallest absolute Gasteiger partial charge is 0.0599 e. The lowest BCUT2D eigenvalue weighted by molar-refractivity contribution is 0.0849. The van der Waals surface area contributed by atoms with Crippen molar-refractivity contribution in [2.75, 3.05) is 21.1 Å². The Balaban J connectivity index is 2.32. The quantitative estimate of drug-likeness (QED) is 0.837. The third-order valence-corrected chi connectivity index (χ3v) is 5.45. The van der Waals surface area contributed by atoms with Gasteiger partial charge in [-0.2, -0.15) is 0 Å². The third kappa shape index (κ3) is 2.63. The average Bonchev–Trinajstić information content (AvgIpc) is 2.75. The van der Waals surface area contributed by atoms with Crippen LogP contribution in [0.1, 0.15) is 49.4 Å². The summed E-state index contributed by atoms with van der Waals surface area (Å²) in [5.74, 6) is 0. The molecule has 0 amide bonds. The van der Waals surface area contributed by atoms with Gasteiger partial charge in [0, 0.05) is 10.4 Å². The zero-order chi connectivity index (χ0) is 13.0. The number of likely N-dealkylation sites (N-methyl/N-ethyl adjacent to an activating group) is 2. The van der Waals surface area contributed by atoms with Crippen molar-refractivity contribution in [1.82, 2.24) is 10.2 Å². The minimum absolute atomic E-state index is 0.288. The molecule has 0 aliphatic heterocycles. The van der Waals surface area contributed by atoms with Crippen molar-refractivity contribution in [2.45, 2.75) is 50.1 Å². The van der Waals surface area contributed by atoms with Crippen LogP contribution in [0.15, 0.2) is 17.5 Å². The van der Waals surface area contributed by atoms with Gasteiger partial charge in [0.15, 0.2) is 0 Å². The summed E-state index contributed by atoms with van der Waals surface area (Å²) in [7, 11) is 6.62. The summed E-state index contributed by atoms with van der Waals surface area (Å²) in [6.07, 6.45) is 8.14. The van der Waals surface area contributed by atoms with Crippen LogP contribution in [0.5, 0.6) is 0 Å². The van der Waals surface area contributed by atoms with Crippen molar-refractivity contribution in [3.05, 3.63) is 22.4 Å². The van der Waals surface area contributed by atoms with Gasteiger partial charge in [0.2, 0.25) is 0 Å². The van der Waals surface area contributed by atoms with Crippen molar-refractivity contribution < 1.29 is 0 Å². The number of nitrogens with zero attached hydrogens (tertiary/aromatic N) is 1. The van der Waals surface area contributed by atoms with E-state index in [4.69, 9.17) is 0 Å². The van der Waals surface area contributed by atoms with Crippen LogP contribution < -0.4 is 5.32 Å². The van der Waals surface area contributed by atoms with Gasteiger partial charge in [-0.25, -0.2) is 0 Å². The summed E-state index contributed by atoms with van der Waals surface area (Å²) >= 11 is 1.88. The van der Waals surface area contributed by atoms with Gasteiger partial charge in [-0.3, -0.25) is 0 Å². The minimum Gasteiger partial charge on any atom is -0.311 e. The summed E-state index contributed by atoms with van der Waals surface area (Å²) in [5.41, 5.74) is 0.288. The van der Waals surface area contributed by atoms with Crippen LogP contribution in [0.3, 0.4) is 0 Å². The Morgan fingerprint density at radius 3 is 2.33 bits per heavy atom. The molecule has 1 aromatic rings. The van der Waals surface area contributed by atoms with E-state index >= 15 is 0 Å². The van der Waals surface area contributed by atoms with E-state index in [1.54, 1.807) is 0 Å². The first-order chi connectivity index (χ1) is 8.70. The molecule has 1 saturated carbocycles. The molecule has 102 valence electrons. The van der Waals surface area contributed by atoms with Crippen molar-refractivity contribution in [3.63, 3.8) is 0 Å². The summed E-state index contributed by atoms with van der Waals surface area (Å²) < 4.78 is 0. The summed E-state index contributed by atoms with van der Waals surface area (Å²) in [6.45, 7) is 0. The fourth-order valence-corrected chi connectivity index (χ4v) is 4.41. The second-order valence-corrected chi connectivity index (χ2v) is 6.63. The van der Waals surface area contributed by atoms with Crippen LogP contribution in [0.2, 0.25) is 0 Å². The van der Waals surface area contributed by atoms with Crippen LogP contribution in [-0.4, -0.2) is 31.6 Å². The van der Waals surface area contributed by atoms with Crippen molar-refractivity contribution >= 4 is 11.3 Å². The van der Waals surface area contributed by atoms with E-state index in [0.29, 0.717) is 6.04 Å². The number of thiophene rings is 1. The van der Waals surface area contributed by atoms with Gasteiger partial charge in [0.05, 0.1) is 6.04 Å². The van der Waals surface area contributed by atoms with Gasteiger partial charge in [-0.15, -0.1) is 11.3 Å². The first kappa shape index (κ1) is 14.0. The van der Waals surface area contributed by atoms with Crippen LogP contribution in [0, 0.1) is 0 Å². The average molecular weight is 266 g/mol. The molecule has 0 aromatic carbocycles. The van der Waals surface area contributed by atoms with Gasteiger partial charge in [-0.1, -0.05) is 31.7 Å². The fraction of sp³-hybridized carbons (Fsp3) is 0.733. The summed E-state index contributed by atoms with van der Waals surface area (Å²) in [4.78, 5) is 3.95. The molecule has 3 heteroatoms. The minimum atomic E-state index is 0.288. The maximum Gasteiger partial charge on any atom is 0.0599 e. The molecular formula is C15H26N2S. The molecule has 1 aliphatic carbocycles. The maximum absolute atomic E-state index is 3.59. The van der Waals surface area contributed by atoms with Crippen molar-refractivity contribution in [3.8, 4) is 0 Å². The van der Waals surface area contributed by atoms with E-state index < -0.39 is 0 Å². The highest BCUT2D eigenvalue weighted by molar-refractivity contribution is 7.10. The Bertz CT molecular complexity index is 337. The molecule has 1 unspecified atom stereocenters. The largest absolute Gasteiger partial charge is 0.311 e. The predicted molar refractivity (Wildman–Crippen MR) is 80.2 cm³/mol. The van der Waals surface area contributed by atoms with Gasteiger partial charge < -0.3 is 10.2 Å². The van der Waals surface area contributed by atoms with Gasteiger partial charge >= 0.3 is 0 Å².